The molecule has 0 spiro atoms. The van der Waals surface area contributed by atoms with Crippen LogP contribution in [0.15, 0.2) is 191 Å². The van der Waals surface area contributed by atoms with E-state index in [2.05, 4.69) is 91.0 Å². The van der Waals surface area contributed by atoms with E-state index >= 15 is 0 Å². The van der Waals surface area contributed by atoms with E-state index < -0.39 is 0 Å². The number of oxazole rings is 1. The summed E-state index contributed by atoms with van der Waals surface area (Å²) in [6, 6.07) is 61.7. The van der Waals surface area contributed by atoms with Crippen molar-refractivity contribution in [3.8, 4) is 67.9 Å². The molecule has 0 saturated carbocycles. The lowest BCUT2D eigenvalue weighted by Crippen LogP contribution is -2.00. The van der Waals surface area contributed by atoms with Gasteiger partial charge in [0.15, 0.2) is 23.1 Å². The molecule has 3 aromatic heterocycles. The standard InChI is InChI=1S/C50H30N4O2/c1-4-13-31(14-5-1)36-26-27-41(39-20-11-10-19-38(36)39)50-51-43-22-12-21-37(46(43)56-50)34-23-25-40-42-29-35(24-28-44(42)55-45(40)30-34)49-53-47(32-15-6-2-7-16-32)52-48(54-49)33-17-8-3-9-18-33/h1-30H. The molecule has 0 fully saturated rings. The lowest BCUT2D eigenvalue weighted by atomic mass is 9.95. The summed E-state index contributed by atoms with van der Waals surface area (Å²) < 4.78 is 13.1. The Morgan fingerprint density at radius 2 is 0.893 bits per heavy atom. The van der Waals surface area contributed by atoms with Gasteiger partial charge in [0.05, 0.1) is 0 Å². The first-order valence-electron chi connectivity index (χ1n) is 18.5. The zero-order valence-electron chi connectivity index (χ0n) is 29.9. The molecule has 0 aliphatic heterocycles. The molecule has 0 bridgehead atoms. The van der Waals surface area contributed by atoms with Crippen molar-refractivity contribution in [3.05, 3.63) is 182 Å². The third-order valence-corrected chi connectivity index (χ3v) is 10.4. The van der Waals surface area contributed by atoms with Crippen LogP contribution < -0.4 is 0 Å². The molecule has 11 rings (SSSR count). The molecule has 8 aromatic carbocycles. The van der Waals surface area contributed by atoms with Crippen molar-refractivity contribution in [2.24, 2.45) is 0 Å². The van der Waals surface area contributed by atoms with Gasteiger partial charge in [-0.2, -0.15) is 0 Å². The summed E-state index contributed by atoms with van der Waals surface area (Å²) in [6.45, 7) is 0. The number of hydrogen-bond acceptors (Lipinski definition) is 6. The number of benzene rings is 8. The van der Waals surface area contributed by atoms with Crippen molar-refractivity contribution in [3.63, 3.8) is 0 Å². The Balaban J connectivity index is 0.989. The van der Waals surface area contributed by atoms with Gasteiger partial charge in [-0.3, -0.25) is 0 Å². The topological polar surface area (TPSA) is 77.8 Å². The maximum atomic E-state index is 6.65. The van der Waals surface area contributed by atoms with E-state index in [4.69, 9.17) is 28.8 Å². The van der Waals surface area contributed by atoms with Gasteiger partial charge >= 0.3 is 0 Å². The van der Waals surface area contributed by atoms with Crippen LogP contribution in [0.25, 0.3) is 112 Å². The Bertz CT molecular complexity index is 3190. The van der Waals surface area contributed by atoms with E-state index in [0.717, 1.165) is 77.2 Å². The fourth-order valence-corrected chi connectivity index (χ4v) is 7.67. The van der Waals surface area contributed by atoms with Gasteiger partial charge in [0.1, 0.15) is 16.7 Å². The van der Waals surface area contributed by atoms with Crippen LogP contribution in [0.1, 0.15) is 0 Å². The normalized spacial score (nSPS) is 11.6. The predicted octanol–water partition coefficient (Wildman–Crippen LogP) is 13.1. The van der Waals surface area contributed by atoms with Gasteiger partial charge in [-0.25, -0.2) is 19.9 Å². The fraction of sp³-hybridized carbons (Fsp3) is 0. The van der Waals surface area contributed by atoms with E-state index in [1.54, 1.807) is 0 Å². The molecule has 6 heteroatoms. The number of nitrogens with zero attached hydrogens (tertiary/aromatic N) is 4. The van der Waals surface area contributed by atoms with Crippen molar-refractivity contribution in [1.82, 2.24) is 19.9 Å². The smallest absolute Gasteiger partial charge is 0.227 e. The highest BCUT2D eigenvalue weighted by molar-refractivity contribution is 6.08. The average Bonchev–Trinajstić information content (AvgIpc) is 3.88. The van der Waals surface area contributed by atoms with E-state index in [9.17, 15) is 0 Å². The molecule has 0 atom stereocenters. The van der Waals surface area contributed by atoms with Crippen LogP contribution in [0.4, 0.5) is 0 Å². The summed E-state index contributed by atoms with van der Waals surface area (Å²) in [4.78, 5) is 19.7. The molecule has 262 valence electrons. The van der Waals surface area contributed by atoms with Crippen molar-refractivity contribution in [2.45, 2.75) is 0 Å². The largest absolute Gasteiger partial charge is 0.456 e. The Hall–Kier alpha value is -7.70. The maximum absolute atomic E-state index is 6.65. The van der Waals surface area contributed by atoms with Crippen LogP contribution in [-0.2, 0) is 0 Å². The van der Waals surface area contributed by atoms with Gasteiger partial charge < -0.3 is 8.83 Å². The monoisotopic (exact) mass is 718 g/mol. The third-order valence-electron chi connectivity index (χ3n) is 10.4. The second kappa shape index (κ2) is 13.0. The predicted molar refractivity (Wildman–Crippen MR) is 225 cm³/mol. The molecular formula is C50H30N4O2. The van der Waals surface area contributed by atoms with Crippen LogP contribution >= 0.6 is 0 Å². The molecule has 3 heterocycles. The first kappa shape index (κ1) is 31.8. The Kier molecular flexibility index (Phi) is 7.38. The van der Waals surface area contributed by atoms with Crippen LogP contribution in [0.3, 0.4) is 0 Å². The van der Waals surface area contributed by atoms with Crippen LogP contribution in [0.5, 0.6) is 0 Å². The van der Waals surface area contributed by atoms with Gasteiger partial charge in [0.25, 0.3) is 0 Å². The molecule has 0 amide bonds. The lowest BCUT2D eigenvalue weighted by molar-refractivity contribution is 0.621. The molecule has 0 aliphatic carbocycles. The maximum Gasteiger partial charge on any atom is 0.227 e. The van der Waals surface area contributed by atoms with E-state index in [-0.39, 0.29) is 0 Å². The molecule has 0 aliphatic rings. The zero-order valence-corrected chi connectivity index (χ0v) is 29.9. The average molecular weight is 719 g/mol. The van der Waals surface area contributed by atoms with Crippen molar-refractivity contribution < 1.29 is 8.83 Å². The number of rotatable bonds is 6. The van der Waals surface area contributed by atoms with Crippen LogP contribution in [0.2, 0.25) is 0 Å². The first-order chi connectivity index (χ1) is 27.7. The minimum atomic E-state index is 0.588. The highest BCUT2D eigenvalue weighted by Crippen LogP contribution is 2.40. The van der Waals surface area contributed by atoms with Gasteiger partial charge in [-0.05, 0) is 69.9 Å². The van der Waals surface area contributed by atoms with Crippen molar-refractivity contribution >= 4 is 43.8 Å². The molecule has 0 N–H and O–H groups in total. The Morgan fingerprint density at radius 1 is 0.304 bits per heavy atom. The van der Waals surface area contributed by atoms with Crippen molar-refractivity contribution in [1.29, 1.82) is 0 Å². The molecule has 0 radical (unpaired) electrons. The highest BCUT2D eigenvalue weighted by atomic mass is 16.3. The minimum Gasteiger partial charge on any atom is -0.456 e. The van der Waals surface area contributed by atoms with Gasteiger partial charge in [-0.1, -0.05) is 140 Å². The summed E-state index contributed by atoms with van der Waals surface area (Å²) in [5, 5.41) is 4.23. The number of para-hydroxylation sites is 1. The molecule has 0 saturated heterocycles. The van der Waals surface area contributed by atoms with E-state index in [0.29, 0.717) is 23.4 Å². The Labute approximate surface area is 321 Å². The summed E-state index contributed by atoms with van der Waals surface area (Å²) in [6.07, 6.45) is 0. The molecular weight excluding hydrogens is 689 g/mol. The van der Waals surface area contributed by atoms with Crippen LogP contribution in [0, 0.1) is 0 Å². The lowest BCUT2D eigenvalue weighted by Gasteiger charge is -2.10. The molecule has 56 heavy (non-hydrogen) atoms. The van der Waals surface area contributed by atoms with Gasteiger partial charge in [0, 0.05) is 38.6 Å². The van der Waals surface area contributed by atoms with E-state index in [1.165, 1.54) is 11.1 Å². The second-order valence-corrected chi connectivity index (χ2v) is 13.8. The SMILES string of the molecule is c1ccc(-c2nc(-c3ccccc3)nc(-c3ccc4oc5cc(-c6cccc7nc(-c8ccc(-c9ccccc9)c9ccccc89)oc67)ccc5c4c3)n2)cc1. The highest BCUT2D eigenvalue weighted by Gasteiger charge is 2.19. The number of aromatic nitrogens is 4. The van der Waals surface area contributed by atoms with Crippen LogP contribution in [-0.4, -0.2) is 19.9 Å². The molecule has 11 aromatic rings. The number of hydrogen-bond donors (Lipinski definition) is 0. The third kappa shape index (κ3) is 5.43. The van der Waals surface area contributed by atoms with Gasteiger partial charge in [-0.15, -0.1) is 0 Å². The minimum absolute atomic E-state index is 0.588. The summed E-state index contributed by atoms with van der Waals surface area (Å²) in [7, 11) is 0. The van der Waals surface area contributed by atoms with Crippen molar-refractivity contribution in [2.75, 3.05) is 0 Å². The van der Waals surface area contributed by atoms with Gasteiger partial charge in [0.2, 0.25) is 5.89 Å². The Morgan fingerprint density at radius 3 is 1.59 bits per heavy atom. The first-order valence-corrected chi connectivity index (χ1v) is 18.5. The second-order valence-electron chi connectivity index (χ2n) is 13.8. The molecule has 6 nitrogen and oxygen atoms in total. The summed E-state index contributed by atoms with van der Waals surface area (Å²) in [5.74, 6) is 2.43. The fourth-order valence-electron chi connectivity index (χ4n) is 7.67. The zero-order chi connectivity index (χ0) is 37.0. The quantitative estimate of drug-likeness (QED) is 0.170. The summed E-state index contributed by atoms with van der Waals surface area (Å²) in [5.41, 5.74) is 11.1. The number of furan rings is 1. The molecule has 0 unspecified atom stereocenters. The summed E-state index contributed by atoms with van der Waals surface area (Å²) >= 11 is 0. The van der Waals surface area contributed by atoms with E-state index in [1.807, 2.05) is 91.0 Å². The number of fused-ring (bicyclic) bond motifs is 5.